The van der Waals surface area contributed by atoms with Gasteiger partial charge in [-0.25, -0.2) is 4.68 Å². The second kappa shape index (κ2) is 7.15. The van der Waals surface area contributed by atoms with Crippen molar-refractivity contribution in [3.63, 3.8) is 0 Å². The minimum absolute atomic E-state index is 0.0798. The summed E-state index contributed by atoms with van der Waals surface area (Å²) in [5, 5.41) is 15.9. The van der Waals surface area contributed by atoms with E-state index in [0.717, 1.165) is 15.6 Å². The van der Waals surface area contributed by atoms with Crippen LogP contribution in [0.15, 0.2) is 57.8 Å². The molecule has 2 aromatic carbocycles. The van der Waals surface area contributed by atoms with E-state index in [0.29, 0.717) is 11.1 Å². The largest absolute Gasteiger partial charge is 0.491 e. The summed E-state index contributed by atoms with van der Waals surface area (Å²) in [6.45, 7) is 2.01. The molecular weight excluding hydrogens is 372 g/mol. The van der Waals surface area contributed by atoms with E-state index in [2.05, 4.69) is 21.0 Å². The maximum atomic E-state index is 12.5. The maximum absolute atomic E-state index is 12.5. The van der Waals surface area contributed by atoms with Gasteiger partial charge < -0.3 is 9.84 Å². The van der Waals surface area contributed by atoms with Crippen molar-refractivity contribution in [2.24, 2.45) is 0 Å². The molecule has 1 N–H and O–H groups in total. The van der Waals surface area contributed by atoms with Gasteiger partial charge in [0, 0.05) is 9.86 Å². The average molecular weight is 389 g/mol. The van der Waals surface area contributed by atoms with Crippen molar-refractivity contribution in [3.05, 3.63) is 69.1 Å². The molecule has 0 amide bonds. The number of rotatable bonds is 5. The molecule has 24 heavy (non-hydrogen) atoms. The van der Waals surface area contributed by atoms with Crippen LogP contribution in [0.3, 0.4) is 0 Å². The number of nitrogens with zero attached hydrogens (tertiary/aromatic N) is 2. The quantitative estimate of drug-likeness (QED) is 0.729. The zero-order valence-corrected chi connectivity index (χ0v) is 14.7. The number of aliphatic hydroxyl groups is 1. The van der Waals surface area contributed by atoms with E-state index >= 15 is 0 Å². The molecule has 0 unspecified atom stereocenters. The summed E-state index contributed by atoms with van der Waals surface area (Å²) in [4.78, 5) is 12.5. The fourth-order valence-corrected chi connectivity index (χ4v) is 2.91. The lowest BCUT2D eigenvalue weighted by Crippen LogP contribution is -2.32. The molecule has 5 nitrogen and oxygen atoms in total. The minimum atomic E-state index is -0.838. The molecule has 1 aromatic heterocycles. The Morgan fingerprint density at radius 3 is 2.71 bits per heavy atom. The van der Waals surface area contributed by atoms with Gasteiger partial charge in [-0.1, -0.05) is 40.2 Å². The predicted octanol–water partition coefficient (Wildman–Crippen LogP) is 2.91. The van der Waals surface area contributed by atoms with Crippen LogP contribution < -0.4 is 10.3 Å². The van der Waals surface area contributed by atoms with Crippen molar-refractivity contribution in [2.75, 3.05) is 6.61 Å². The van der Waals surface area contributed by atoms with Crippen LogP contribution in [0.1, 0.15) is 5.69 Å². The molecule has 1 atom stereocenters. The van der Waals surface area contributed by atoms with Gasteiger partial charge in [0.15, 0.2) is 0 Å². The maximum Gasteiger partial charge on any atom is 0.274 e. The van der Waals surface area contributed by atoms with Crippen molar-refractivity contribution in [2.45, 2.75) is 19.6 Å². The third-order valence-corrected chi connectivity index (χ3v) is 4.17. The lowest BCUT2D eigenvalue weighted by atomic mass is 10.1. The molecule has 0 aliphatic carbocycles. The summed E-state index contributed by atoms with van der Waals surface area (Å²) in [5.74, 6) is 0.651. The number of aryl methyl sites for hydroxylation is 1. The molecular formula is C18H17BrN2O3. The number of fused-ring (bicyclic) bond motifs is 1. The first kappa shape index (κ1) is 16.7. The summed E-state index contributed by atoms with van der Waals surface area (Å²) in [5.41, 5.74) is 0.544. The number of ether oxygens (including phenoxy) is 1. The first-order valence-corrected chi connectivity index (χ1v) is 8.37. The number of aromatic nitrogens is 2. The number of halogens is 1. The van der Waals surface area contributed by atoms with Gasteiger partial charge in [-0.2, -0.15) is 5.10 Å². The highest BCUT2D eigenvalue weighted by atomic mass is 79.9. The Morgan fingerprint density at radius 1 is 1.21 bits per heavy atom. The zero-order chi connectivity index (χ0) is 17.1. The van der Waals surface area contributed by atoms with E-state index < -0.39 is 6.10 Å². The summed E-state index contributed by atoms with van der Waals surface area (Å²) < 4.78 is 7.75. The first-order chi connectivity index (χ1) is 11.5. The summed E-state index contributed by atoms with van der Waals surface area (Å²) in [6, 6.07) is 14.7. The van der Waals surface area contributed by atoms with Gasteiger partial charge in [0.05, 0.1) is 17.6 Å². The van der Waals surface area contributed by atoms with E-state index in [1.807, 2.05) is 49.4 Å². The monoisotopic (exact) mass is 388 g/mol. The molecule has 1 heterocycles. The highest BCUT2D eigenvalue weighted by Gasteiger charge is 2.12. The Kier molecular flexibility index (Phi) is 4.97. The Hall–Kier alpha value is -2.18. The average Bonchev–Trinajstić information content (AvgIpc) is 2.58. The molecule has 0 saturated heterocycles. The van der Waals surface area contributed by atoms with Gasteiger partial charge in [-0.3, -0.25) is 4.79 Å². The van der Waals surface area contributed by atoms with Crippen LogP contribution >= 0.6 is 15.9 Å². The van der Waals surface area contributed by atoms with Crippen molar-refractivity contribution < 1.29 is 9.84 Å². The summed E-state index contributed by atoms with van der Waals surface area (Å²) in [7, 11) is 0. The highest BCUT2D eigenvalue weighted by Crippen LogP contribution is 2.18. The molecule has 0 fully saturated rings. The molecule has 0 bridgehead atoms. The van der Waals surface area contributed by atoms with Gasteiger partial charge in [0.25, 0.3) is 5.56 Å². The van der Waals surface area contributed by atoms with Gasteiger partial charge >= 0.3 is 0 Å². The van der Waals surface area contributed by atoms with Crippen LogP contribution in [-0.2, 0) is 6.54 Å². The van der Waals surface area contributed by atoms with Crippen molar-refractivity contribution in [3.8, 4) is 5.75 Å². The Bertz CT molecular complexity index is 924. The Morgan fingerprint density at radius 2 is 1.96 bits per heavy atom. The molecule has 0 aliphatic heterocycles. The lowest BCUT2D eigenvalue weighted by molar-refractivity contribution is 0.0880. The third-order valence-electron chi connectivity index (χ3n) is 3.67. The van der Waals surface area contributed by atoms with Crippen molar-refractivity contribution in [1.29, 1.82) is 0 Å². The van der Waals surface area contributed by atoms with E-state index in [4.69, 9.17) is 4.74 Å². The molecule has 0 spiro atoms. The smallest absolute Gasteiger partial charge is 0.274 e. The second-order valence-electron chi connectivity index (χ2n) is 5.54. The van der Waals surface area contributed by atoms with Crippen LogP contribution in [-0.4, -0.2) is 27.6 Å². The fraction of sp³-hybridized carbons (Fsp3) is 0.222. The van der Waals surface area contributed by atoms with Gasteiger partial charge in [0.2, 0.25) is 0 Å². The molecule has 124 valence electrons. The van der Waals surface area contributed by atoms with Crippen LogP contribution in [0.5, 0.6) is 5.75 Å². The van der Waals surface area contributed by atoms with Gasteiger partial charge in [-0.05, 0) is 31.2 Å². The SMILES string of the molecule is Cc1nn(C[C@H](O)COc2cccc(Br)c2)c(=O)c2ccccc12. The molecule has 3 rings (SSSR count). The number of benzene rings is 2. The standard InChI is InChI=1S/C18H17BrN2O3/c1-12-16-7-2-3-8-17(16)18(23)21(20-12)10-14(22)11-24-15-6-4-5-13(19)9-15/h2-9,14,22H,10-11H2,1H3/t14-/m0/s1. The molecule has 0 radical (unpaired) electrons. The first-order valence-electron chi connectivity index (χ1n) is 7.57. The topological polar surface area (TPSA) is 64.3 Å². The van der Waals surface area contributed by atoms with E-state index in [-0.39, 0.29) is 18.7 Å². The van der Waals surface area contributed by atoms with Crippen LogP contribution in [0.25, 0.3) is 10.8 Å². The number of hydrogen-bond acceptors (Lipinski definition) is 4. The minimum Gasteiger partial charge on any atom is -0.491 e. The van der Waals surface area contributed by atoms with E-state index in [9.17, 15) is 9.90 Å². The fourth-order valence-electron chi connectivity index (χ4n) is 2.53. The van der Waals surface area contributed by atoms with Crippen LogP contribution in [0.4, 0.5) is 0 Å². The van der Waals surface area contributed by atoms with Gasteiger partial charge in [0.1, 0.15) is 18.5 Å². The summed E-state index contributed by atoms with van der Waals surface area (Å²) in [6.07, 6.45) is -0.838. The number of aliphatic hydroxyl groups excluding tert-OH is 1. The predicted molar refractivity (Wildman–Crippen MR) is 96.4 cm³/mol. The van der Waals surface area contributed by atoms with E-state index in [1.165, 1.54) is 4.68 Å². The lowest BCUT2D eigenvalue weighted by Gasteiger charge is -2.14. The summed E-state index contributed by atoms with van der Waals surface area (Å²) >= 11 is 3.37. The number of hydrogen-bond donors (Lipinski definition) is 1. The van der Waals surface area contributed by atoms with E-state index in [1.54, 1.807) is 6.07 Å². The Balaban J connectivity index is 1.75. The van der Waals surface area contributed by atoms with Crippen molar-refractivity contribution >= 4 is 26.7 Å². The van der Waals surface area contributed by atoms with Crippen LogP contribution in [0, 0.1) is 6.92 Å². The van der Waals surface area contributed by atoms with Gasteiger partial charge in [-0.15, -0.1) is 0 Å². The molecule has 3 aromatic rings. The third kappa shape index (κ3) is 3.66. The molecule has 0 aliphatic rings. The Labute approximate surface area is 147 Å². The van der Waals surface area contributed by atoms with Crippen LogP contribution in [0.2, 0.25) is 0 Å². The highest BCUT2D eigenvalue weighted by molar-refractivity contribution is 9.10. The second-order valence-corrected chi connectivity index (χ2v) is 6.46. The molecule has 0 saturated carbocycles. The molecule has 6 heteroatoms. The normalized spacial score (nSPS) is 12.3. The van der Waals surface area contributed by atoms with Crippen molar-refractivity contribution in [1.82, 2.24) is 9.78 Å². The zero-order valence-electron chi connectivity index (χ0n) is 13.1.